The van der Waals surface area contributed by atoms with E-state index in [-0.39, 0.29) is 46.1 Å². The summed E-state index contributed by atoms with van der Waals surface area (Å²) >= 11 is 0. The van der Waals surface area contributed by atoms with Crippen molar-refractivity contribution >= 4 is 5.97 Å². The Hall–Kier alpha value is -3.44. The summed E-state index contributed by atoms with van der Waals surface area (Å²) in [6.07, 6.45) is -0.508. The first-order valence-electron chi connectivity index (χ1n) is 17.0. The van der Waals surface area contributed by atoms with Crippen molar-refractivity contribution in [1.82, 2.24) is 4.90 Å². The maximum absolute atomic E-state index is 13.6. The summed E-state index contributed by atoms with van der Waals surface area (Å²) in [5.41, 5.74) is 16.4. The van der Waals surface area contributed by atoms with Gasteiger partial charge in [0, 0.05) is 42.5 Å². The Balaban J connectivity index is 2.20. The Bertz CT molecular complexity index is 1180. The summed E-state index contributed by atoms with van der Waals surface area (Å²) in [5.74, 6) is -14.2. The lowest BCUT2D eigenvalue weighted by atomic mass is 10.2. The van der Waals surface area contributed by atoms with Crippen LogP contribution in [0, 0.1) is 29.1 Å². The van der Waals surface area contributed by atoms with Crippen LogP contribution in [0.2, 0.25) is 0 Å². The van der Waals surface area contributed by atoms with Crippen molar-refractivity contribution in [1.29, 1.82) is 0 Å². The molecule has 0 aliphatic heterocycles. The van der Waals surface area contributed by atoms with Crippen molar-refractivity contribution in [3.63, 3.8) is 0 Å². The van der Waals surface area contributed by atoms with Crippen LogP contribution < -0.4 is 4.74 Å². The molecule has 0 aromatic heterocycles. The SMILES string of the molecule is [N-]=[N+]=NCCOCCOCCOCCN(CCOCCOCCOCCN=[N+]=[N-])CCOCCOCCOCCC(=O)Oc1c(F)c(F)c(F)c(F)c1F. The molecule has 308 valence electrons. The molecule has 0 N–H and O–H groups in total. The van der Waals surface area contributed by atoms with Crippen LogP contribution in [0.25, 0.3) is 20.9 Å². The van der Waals surface area contributed by atoms with Gasteiger partial charge in [0.05, 0.1) is 125 Å². The molecule has 54 heavy (non-hydrogen) atoms. The van der Waals surface area contributed by atoms with E-state index in [0.717, 1.165) is 0 Å². The Kier molecular flexibility index (Phi) is 30.7. The number of azide groups is 2. The third kappa shape index (κ3) is 24.8. The third-order valence-electron chi connectivity index (χ3n) is 6.52. The molecule has 0 radical (unpaired) electrons. The predicted octanol–water partition coefficient (Wildman–Crippen LogP) is 3.75. The van der Waals surface area contributed by atoms with Gasteiger partial charge in [-0.25, -0.2) is 13.2 Å². The van der Waals surface area contributed by atoms with Gasteiger partial charge in [0.1, 0.15) is 0 Å². The van der Waals surface area contributed by atoms with Crippen molar-refractivity contribution in [3.05, 3.63) is 50.0 Å². The number of rotatable bonds is 37. The molecule has 1 aromatic carbocycles. The number of esters is 1. The Morgan fingerprint density at radius 1 is 0.463 bits per heavy atom. The number of carbonyl (C=O) groups is 1. The van der Waals surface area contributed by atoms with Crippen molar-refractivity contribution < 1.29 is 74.1 Å². The van der Waals surface area contributed by atoms with Crippen LogP contribution in [0.1, 0.15) is 6.42 Å². The first-order chi connectivity index (χ1) is 26.3. The molecule has 0 spiro atoms. The molecule has 0 saturated carbocycles. The normalized spacial score (nSPS) is 11.1. The van der Waals surface area contributed by atoms with Gasteiger partial charge in [0.25, 0.3) is 0 Å². The molecule has 0 saturated heterocycles. The van der Waals surface area contributed by atoms with Gasteiger partial charge in [-0.15, -0.1) is 0 Å². The second kappa shape index (κ2) is 34.1. The second-order valence-corrected chi connectivity index (χ2v) is 10.4. The number of halogens is 5. The lowest BCUT2D eigenvalue weighted by Gasteiger charge is -2.22. The molecule has 0 atom stereocenters. The smallest absolute Gasteiger partial charge is 0.313 e. The van der Waals surface area contributed by atoms with Crippen molar-refractivity contribution in [2.75, 3.05) is 152 Å². The standard InChI is InChI=1S/C31H48F5N7O11/c32-26-27(33)29(35)31(30(36)28(26)34)54-25(44)1-7-45-13-19-51-22-16-48-10-4-43(5-11-49-17-23-52-20-14-46-8-2-39-41-37)6-12-50-18-24-53-21-15-47-9-3-40-42-38/h1-24H2. The highest BCUT2D eigenvalue weighted by Crippen LogP contribution is 2.29. The average Bonchev–Trinajstić information content (AvgIpc) is 3.17. The average molecular weight is 790 g/mol. The Morgan fingerprint density at radius 2 is 0.759 bits per heavy atom. The van der Waals surface area contributed by atoms with Gasteiger partial charge < -0.3 is 47.4 Å². The van der Waals surface area contributed by atoms with Gasteiger partial charge >= 0.3 is 5.97 Å². The maximum atomic E-state index is 13.6. The molecule has 23 heteroatoms. The van der Waals surface area contributed by atoms with Crippen molar-refractivity contribution in [3.8, 4) is 5.75 Å². The van der Waals surface area contributed by atoms with E-state index in [2.05, 4.69) is 29.7 Å². The molecule has 0 fully saturated rings. The first kappa shape index (κ1) is 48.6. The van der Waals surface area contributed by atoms with Crippen LogP contribution in [0.4, 0.5) is 22.0 Å². The highest BCUT2D eigenvalue weighted by molar-refractivity contribution is 5.72. The van der Waals surface area contributed by atoms with E-state index in [1.807, 2.05) is 0 Å². The minimum Gasteiger partial charge on any atom is -0.420 e. The van der Waals surface area contributed by atoms with Crippen LogP contribution in [-0.2, 0) is 47.4 Å². The van der Waals surface area contributed by atoms with E-state index in [9.17, 15) is 26.7 Å². The summed E-state index contributed by atoms with van der Waals surface area (Å²) in [4.78, 5) is 19.2. The summed E-state index contributed by atoms with van der Waals surface area (Å²) in [7, 11) is 0. The number of benzene rings is 1. The monoisotopic (exact) mass is 789 g/mol. The fourth-order valence-electron chi connectivity index (χ4n) is 3.84. The number of ether oxygens (including phenoxy) is 10. The quantitative estimate of drug-likeness (QED) is 0.0109. The molecular formula is C31H48F5N7O11. The zero-order valence-electron chi connectivity index (χ0n) is 30.0. The zero-order chi connectivity index (χ0) is 39.5. The maximum Gasteiger partial charge on any atom is 0.313 e. The molecule has 1 rings (SSSR count). The minimum absolute atomic E-state index is 0.0545. The third-order valence-corrected chi connectivity index (χ3v) is 6.52. The molecule has 18 nitrogen and oxygen atoms in total. The molecule has 0 heterocycles. The van der Waals surface area contributed by atoms with Gasteiger partial charge in [-0.2, -0.15) is 8.78 Å². The van der Waals surface area contributed by atoms with Crippen molar-refractivity contribution in [2.45, 2.75) is 6.42 Å². The van der Waals surface area contributed by atoms with Gasteiger partial charge in [0.2, 0.25) is 34.8 Å². The van der Waals surface area contributed by atoms with E-state index in [0.29, 0.717) is 106 Å². The van der Waals surface area contributed by atoms with Crippen LogP contribution in [0.3, 0.4) is 0 Å². The molecule has 1 aromatic rings. The molecule has 0 bridgehead atoms. The number of carbonyl (C=O) groups excluding carboxylic acids is 1. The highest BCUT2D eigenvalue weighted by atomic mass is 19.2. The summed E-state index contributed by atoms with van der Waals surface area (Å²) in [6, 6.07) is 0. The number of nitrogens with zero attached hydrogens (tertiary/aromatic N) is 7. The molecule has 0 amide bonds. The van der Waals surface area contributed by atoms with Gasteiger partial charge in [-0.1, -0.05) is 10.2 Å². The van der Waals surface area contributed by atoms with Gasteiger partial charge in [0.15, 0.2) is 0 Å². The predicted molar refractivity (Wildman–Crippen MR) is 178 cm³/mol. The molecule has 0 unspecified atom stereocenters. The molecular weight excluding hydrogens is 741 g/mol. The molecule has 0 aliphatic rings. The minimum atomic E-state index is -2.36. The fourth-order valence-corrected chi connectivity index (χ4v) is 3.84. The summed E-state index contributed by atoms with van der Waals surface area (Å²) in [6.45, 7) is 7.93. The van der Waals surface area contributed by atoms with E-state index in [4.69, 9.17) is 53.7 Å². The van der Waals surface area contributed by atoms with Crippen LogP contribution >= 0.6 is 0 Å². The highest BCUT2D eigenvalue weighted by Gasteiger charge is 2.28. The van der Waals surface area contributed by atoms with Gasteiger partial charge in [-0.3, -0.25) is 9.69 Å². The lowest BCUT2D eigenvalue weighted by Crippen LogP contribution is -2.34. The zero-order valence-corrected chi connectivity index (χ0v) is 30.0. The Labute approximate surface area is 309 Å². The van der Waals surface area contributed by atoms with Crippen LogP contribution in [-0.4, -0.2) is 163 Å². The topological polar surface area (TPSA) is 210 Å². The largest absolute Gasteiger partial charge is 0.420 e. The fraction of sp³-hybridized carbons (Fsp3) is 0.774. The number of hydrogen-bond acceptors (Lipinski definition) is 14. The molecule has 0 aliphatic carbocycles. The lowest BCUT2D eigenvalue weighted by molar-refractivity contribution is -0.136. The van der Waals surface area contributed by atoms with E-state index < -0.39 is 47.2 Å². The summed E-state index contributed by atoms with van der Waals surface area (Å²) in [5, 5.41) is 6.74. The summed E-state index contributed by atoms with van der Waals surface area (Å²) < 4.78 is 120. The van der Waals surface area contributed by atoms with Gasteiger partial charge in [-0.05, 0) is 11.1 Å². The second-order valence-electron chi connectivity index (χ2n) is 10.4. The van der Waals surface area contributed by atoms with Crippen LogP contribution in [0.15, 0.2) is 10.2 Å². The first-order valence-corrected chi connectivity index (χ1v) is 17.0. The Morgan fingerprint density at radius 3 is 1.11 bits per heavy atom. The van der Waals surface area contributed by atoms with Crippen molar-refractivity contribution in [2.24, 2.45) is 10.2 Å². The number of hydrogen-bond donors (Lipinski definition) is 0. The van der Waals surface area contributed by atoms with E-state index in [1.54, 1.807) is 0 Å². The van der Waals surface area contributed by atoms with E-state index in [1.165, 1.54) is 0 Å². The van der Waals surface area contributed by atoms with E-state index >= 15 is 0 Å². The van der Waals surface area contributed by atoms with Crippen LogP contribution in [0.5, 0.6) is 5.75 Å².